The molecule has 1 N–H and O–H groups in total. The summed E-state index contributed by atoms with van der Waals surface area (Å²) in [6.07, 6.45) is 6.22. The molecule has 0 saturated carbocycles. The van der Waals surface area contributed by atoms with Crippen molar-refractivity contribution in [3.05, 3.63) is 39.1 Å². The summed E-state index contributed by atoms with van der Waals surface area (Å²) in [6, 6.07) is 8.70. The third kappa shape index (κ3) is 3.58. The molecule has 1 unspecified atom stereocenters. The minimum Gasteiger partial charge on any atom is -0.370 e. The molecule has 5 heteroatoms. The van der Waals surface area contributed by atoms with Crippen LogP contribution < -0.4 is 5.32 Å². The molecule has 2 aliphatic heterocycles. The monoisotopic (exact) mass is 450 g/mol. The van der Waals surface area contributed by atoms with E-state index in [1.165, 1.54) is 58.6 Å². The number of fused-ring (bicyclic) bond motifs is 1. The van der Waals surface area contributed by atoms with Crippen LogP contribution in [-0.4, -0.2) is 40.9 Å². The number of halogens is 1. The van der Waals surface area contributed by atoms with E-state index < -0.39 is 0 Å². The largest absolute Gasteiger partial charge is 0.370 e. The van der Waals surface area contributed by atoms with Gasteiger partial charge in [-0.3, -0.25) is 0 Å². The number of aromatic nitrogens is 2. The number of benzene rings is 1. The third-order valence-electron chi connectivity index (χ3n) is 5.57. The molecule has 1 fully saturated rings. The van der Waals surface area contributed by atoms with Crippen LogP contribution in [0, 0.1) is 3.57 Å². The zero-order chi connectivity index (χ0) is 17.2. The standard InChI is InChI=1S/C20H27IN4/c1-2-24-13-5-6-15(14-24)19-18-7-3-4-12-22-20(18)25(23-19)17-10-8-16(21)9-11-17/h8-11,15,22H,2-7,12-14H2,1H3. The second kappa shape index (κ2) is 7.66. The Morgan fingerprint density at radius 3 is 2.84 bits per heavy atom. The van der Waals surface area contributed by atoms with E-state index in [1.54, 1.807) is 0 Å². The van der Waals surface area contributed by atoms with Crippen LogP contribution >= 0.6 is 22.6 Å². The van der Waals surface area contributed by atoms with Gasteiger partial charge in [-0.2, -0.15) is 5.10 Å². The lowest BCUT2D eigenvalue weighted by atomic mass is 9.91. The summed E-state index contributed by atoms with van der Waals surface area (Å²) in [7, 11) is 0. The molecule has 3 heterocycles. The number of hydrogen-bond donors (Lipinski definition) is 1. The van der Waals surface area contributed by atoms with E-state index in [0.29, 0.717) is 5.92 Å². The van der Waals surface area contributed by atoms with Crippen LogP contribution in [0.25, 0.3) is 5.69 Å². The number of likely N-dealkylation sites (tertiary alicyclic amines) is 1. The molecule has 0 radical (unpaired) electrons. The van der Waals surface area contributed by atoms with Gasteiger partial charge in [0.15, 0.2) is 0 Å². The minimum absolute atomic E-state index is 0.576. The van der Waals surface area contributed by atoms with Gasteiger partial charge in [-0.05, 0) is 92.0 Å². The first kappa shape index (κ1) is 17.3. The Morgan fingerprint density at radius 2 is 2.04 bits per heavy atom. The molecule has 2 aliphatic rings. The molecule has 1 atom stereocenters. The highest BCUT2D eigenvalue weighted by atomic mass is 127. The quantitative estimate of drug-likeness (QED) is 0.703. The van der Waals surface area contributed by atoms with Gasteiger partial charge in [-0.25, -0.2) is 4.68 Å². The maximum absolute atomic E-state index is 5.15. The Labute approximate surface area is 164 Å². The van der Waals surface area contributed by atoms with E-state index in [0.717, 1.165) is 26.1 Å². The van der Waals surface area contributed by atoms with E-state index in [-0.39, 0.29) is 0 Å². The summed E-state index contributed by atoms with van der Waals surface area (Å²) < 4.78 is 3.43. The average molecular weight is 450 g/mol. The summed E-state index contributed by atoms with van der Waals surface area (Å²) in [4.78, 5) is 2.58. The van der Waals surface area contributed by atoms with Crippen LogP contribution in [-0.2, 0) is 6.42 Å². The SMILES string of the molecule is CCN1CCCC(c2nn(-c3ccc(I)cc3)c3c2CCCCN3)C1. The first-order valence-electron chi connectivity index (χ1n) is 9.60. The lowest BCUT2D eigenvalue weighted by Crippen LogP contribution is -2.34. The second-order valence-electron chi connectivity index (χ2n) is 7.22. The van der Waals surface area contributed by atoms with Crippen molar-refractivity contribution in [2.24, 2.45) is 0 Å². The normalized spacial score (nSPS) is 21.4. The molecule has 134 valence electrons. The second-order valence-corrected chi connectivity index (χ2v) is 8.46. The van der Waals surface area contributed by atoms with E-state index in [9.17, 15) is 0 Å². The zero-order valence-corrected chi connectivity index (χ0v) is 17.1. The minimum atomic E-state index is 0.576. The van der Waals surface area contributed by atoms with E-state index in [4.69, 9.17) is 5.10 Å². The van der Waals surface area contributed by atoms with Crippen molar-refractivity contribution in [3.8, 4) is 5.69 Å². The van der Waals surface area contributed by atoms with Crippen LogP contribution in [0.3, 0.4) is 0 Å². The number of likely N-dealkylation sites (N-methyl/N-ethyl adjacent to an activating group) is 1. The predicted molar refractivity (Wildman–Crippen MR) is 112 cm³/mol. The molecule has 0 spiro atoms. The van der Waals surface area contributed by atoms with Gasteiger partial charge in [-0.15, -0.1) is 0 Å². The van der Waals surface area contributed by atoms with Crippen LogP contribution in [0.1, 0.15) is 49.8 Å². The van der Waals surface area contributed by atoms with Gasteiger partial charge in [0.05, 0.1) is 11.4 Å². The third-order valence-corrected chi connectivity index (χ3v) is 6.29. The van der Waals surface area contributed by atoms with Gasteiger partial charge in [0.2, 0.25) is 0 Å². The lowest BCUT2D eigenvalue weighted by molar-refractivity contribution is 0.215. The number of anilines is 1. The van der Waals surface area contributed by atoms with Gasteiger partial charge >= 0.3 is 0 Å². The highest BCUT2D eigenvalue weighted by molar-refractivity contribution is 14.1. The lowest BCUT2D eigenvalue weighted by Gasteiger charge is -2.31. The van der Waals surface area contributed by atoms with Crippen molar-refractivity contribution in [1.82, 2.24) is 14.7 Å². The molecule has 0 amide bonds. The van der Waals surface area contributed by atoms with Gasteiger partial charge in [-0.1, -0.05) is 6.92 Å². The van der Waals surface area contributed by atoms with Crippen molar-refractivity contribution in [3.63, 3.8) is 0 Å². The highest BCUT2D eigenvalue weighted by Gasteiger charge is 2.29. The van der Waals surface area contributed by atoms with Crippen molar-refractivity contribution >= 4 is 28.4 Å². The van der Waals surface area contributed by atoms with Crippen LogP contribution in [0.4, 0.5) is 5.82 Å². The highest BCUT2D eigenvalue weighted by Crippen LogP contribution is 2.35. The van der Waals surface area contributed by atoms with Gasteiger partial charge in [0.1, 0.15) is 5.82 Å². The Balaban J connectivity index is 1.75. The molecule has 1 aromatic carbocycles. The molecule has 4 nitrogen and oxygen atoms in total. The fraction of sp³-hybridized carbons (Fsp3) is 0.550. The number of nitrogens with one attached hydrogen (secondary N) is 1. The molecule has 2 aromatic rings. The number of nitrogens with zero attached hydrogens (tertiary/aromatic N) is 3. The van der Waals surface area contributed by atoms with Crippen molar-refractivity contribution in [2.45, 2.75) is 44.9 Å². The number of piperidine rings is 1. The summed E-state index contributed by atoms with van der Waals surface area (Å²) in [5.74, 6) is 1.81. The van der Waals surface area contributed by atoms with E-state index in [2.05, 4.69) is 68.7 Å². The average Bonchev–Trinajstić information content (AvgIpc) is 2.84. The smallest absolute Gasteiger partial charge is 0.133 e. The molecule has 1 saturated heterocycles. The fourth-order valence-corrected chi connectivity index (χ4v) is 4.55. The Morgan fingerprint density at radius 1 is 1.20 bits per heavy atom. The van der Waals surface area contributed by atoms with Crippen molar-refractivity contribution in [1.29, 1.82) is 0 Å². The molecule has 4 rings (SSSR count). The maximum Gasteiger partial charge on any atom is 0.133 e. The zero-order valence-electron chi connectivity index (χ0n) is 15.0. The molecule has 25 heavy (non-hydrogen) atoms. The molecular formula is C20H27IN4. The summed E-state index contributed by atoms with van der Waals surface area (Å²) in [6.45, 7) is 6.87. The summed E-state index contributed by atoms with van der Waals surface area (Å²) in [5.41, 5.74) is 3.99. The van der Waals surface area contributed by atoms with E-state index in [1.807, 2.05) is 0 Å². The molecular weight excluding hydrogens is 423 g/mol. The van der Waals surface area contributed by atoms with Crippen LogP contribution in [0.15, 0.2) is 24.3 Å². The summed E-state index contributed by atoms with van der Waals surface area (Å²) >= 11 is 2.36. The van der Waals surface area contributed by atoms with E-state index >= 15 is 0 Å². The predicted octanol–water partition coefficient (Wildman–Crippen LogP) is 4.42. The number of hydrogen-bond acceptors (Lipinski definition) is 3. The number of rotatable bonds is 3. The Kier molecular flexibility index (Phi) is 5.31. The topological polar surface area (TPSA) is 33.1 Å². The molecule has 1 aromatic heterocycles. The van der Waals surface area contributed by atoms with Crippen molar-refractivity contribution < 1.29 is 0 Å². The Bertz CT molecular complexity index is 722. The first-order chi connectivity index (χ1) is 12.3. The maximum atomic E-state index is 5.15. The fourth-order valence-electron chi connectivity index (χ4n) is 4.19. The van der Waals surface area contributed by atoms with Crippen LogP contribution in [0.5, 0.6) is 0 Å². The molecule has 0 aliphatic carbocycles. The van der Waals surface area contributed by atoms with Crippen molar-refractivity contribution in [2.75, 3.05) is 31.5 Å². The van der Waals surface area contributed by atoms with Gasteiger partial charge < -0.3 is 10.2 Å². The summed E-state index contributed by atoms with van der Waals surface area (Å²) in [5, 5.41) is 8.83. The van der Waals surface area contributed by atoms with Gasteiger partial charge in [0, 0.05) is 28.1 Å². The first-order valence-corrected chi connectivity index (χ1v) is 10.7. The molecule has 0 bridgehead atoms. The van der Waals surface area contributed by atoms with Crippen LogP contribution in [0.2, 0.25) is 0 Å². The Hall–Kier alpha value is -1.08. The van der Waals surface area contributed by atoms with Gasteiger partial charge in [0.25, 0.3) is 0 Å².